The van der Waals surface area contributed by atoms with Gasteiger partial charge in [-0.15, -0.1) is 11.8 Å². The molecule has 3 nitrogen and oxygen atoms in total. The van der Waals surface area contributed by atoms with Gasteiger partial charge in [-0.2, -0.15) is 5.26 Å². The van der Waals surface area contributed by atoms with Gasteiger partial charge in [-0.1, -0.05) is 0 Å². The van der Waals surface area contributed by atoms with Crippen molar-refractivity contribution in [3.05, 3.63) is 23.4 Å². The fraction of sp³-hybridized carbons (Fsp3) is 0.222. The van der Waals surface area contributed by atoms with Crippen molar-refractivity contribution in [2.24, 2.45) is 0 Å². The molecule has 0 bridgehead atoms. The summed E-state index contributed by atoms with van der Waals surface area (Å²) in [5.74, 6) is 0.892. The summed E-state index contributed by atoms with van der Waals surface area (Å²) in [6, 6.07) is 3.60. The largest absolute Gasteiger partial charge is 0.294 e. The van der Waals surface area contributed by atoms with Crippen LogP contribution in [0.25, 0.3) is 0 Å². The van der Waals surface area contributed by atoms with Gasteiger partial charge in [0.2, 0.25) is 0 Å². The Morgan fingerprint density at radius 3 is 3.23 bits per heavy atom. The highest BCUT2D eigenvalue weighted by atomic mass is 32.2. The van der Waals surface area contributed by atoms with E-state index in [9.17, 15) is 4.79 Å². The van der Waals surface area contributed by atoms with Crippen LogP contribution in [0, 0.1) is 11.3 Å². The van der Waals surface area contributed by atoms with E-state index in [4.69, 9.17) is 5.26 Å². The number of fused-ring (bicyclic) bond motifs is 1. The van der Waals surface area contributed by atoms with E-state index in [1.54, 1.807) is 17.8 Å². The summed E-state index contributed by atoms with van der Waals surface area (Å²) in [7, 11) is 0. The van der Waals surface area contributed by atoms with E-state index in [1.807, 2.05) is 6.07 Å². The molecule has 0 spiro atoms. The number of aromatic nitrogens is 1. The summed E-state index contributed by atoms with van der Waals surface area (Å²) in [6.45, 7) is 0. The van der Waals surface area contributed by atoms with Crippen LogP contribution in [-0.4, -0.2) is 16.5 Å². The maximum Gasteiger partial charge on any atom is 0.166 e. The number of thioether (sulfide) groups is 1. The SMILES string of the molecule is N#Cc1cnc2c(c1)C(=O)CCS2. The van der Waals surface area contributed by atoms with Crippen molar-refractivity contribution < 1.29 is 4.79 Å². The Labute approximate surface area is 79.8 Å². The summed E-state index contributed by atoms with van der Waals surface area (Å²) >= 11 is 1.57. The molecule has 0 N–H and O–H groups in total. The molecule has 13 heavy (non-hydrogen) atoms. The number of Topliss-reactive ketones (excluding diaryl/α,β-unsaturated/α-hetero) is 1. The Balaban J connectivity index is 2.55. The lowest BCUT2D eigenvalue weighted by Crippen LogP contribution is -2.09. The molecular weight excluding hydrogens is 184 g/mol. The number of hydrogen-bond donors (Lipinski definition) is 0. The zero-order valence-corrected chi connectivity index (χ0v) is 7.60. The van der Waals surface area contributed by atoms with Gasteiger partial charge in [0, 0.05) is 18.4 Å². The van der Waals surface area contributed by atoms with E-state index in [0.717, 1.165) is 10.8 Å². The summed E-state index contributed by atoms with van der Waals surface area (Å²) < 4.78 is 0. The van der Waals surface area contributed by atoms with Crippen molar-refractivity contribution >= 4 is 17.5 Å². The van der Waals surface area contributed by atoms with E-state index >= 15 is 0 Å². The highest BCUT2D eigenvalue weighted by Crippen LogP contribution is 2.27. The van der Waals surface area contributed by atoms with E-state index in [-0.39, 0.29) is 5.78 Å². The second-order valence-electron chi connectivity index (χ2n) is 2.71. The first-order chi connectivity index (χ1) is 6.31. The van der Waals surface area contributed by atoms with Gasteiger partial charge in [-0.3, -0.25) is 4.79 Å². The minimum Gasteiger partial charge on any atom is -0.294 e. The van der Waals surface area contributed by atoms with Crippen LogP contribution in [0.2, 0.25) is 0 Å². The normalized spacial score (nSPS) is 14.8. The molecular formula is C9H6N2OS. The first-order valence-electron chi connectivity index (χ1n) is 3.87. The Kier molecular flexibility index (Phi) is 2.03. The number of nitrogens with zero attached hydrogens (tertiary/aromatic N) is 2. The summed E-state index contributed by atoms with van der Waals surface area (Å²) in [6.07, 6.45) is 2.05. The number of pyridine rings is 1. The third-order valence-electron chi connectivity index (χ3n) is 1.85. The smallest absolute Gasteiger partial charge is 0.166 e. The van der Waals surface area contributed by atoms with Crippen LogP contribution in [0.5, 0.6) is 0 Å². The van der Waals surface area contributed by atoms with E-state index in [2.05, 4.69) is 4.98 Å². The van der Waals surface area contributed by atoms with E-state index < -0.39 is 0 Å². The third kappa shape index (κ3) is 1.43. The van der Waals surface area contributed by atoms with Crippen LogP contribution in [-0.2, 0) is 0 Å². The minimum atomic E-state index is 0.0957. The number of rotatable bonds is 0. The lowest BCUT2D eigenvalue weighted by Gasteiger charge is -2.11. The molecule has 0 aromatic carbocycles. The molecule has 0 saturated carbocycles. The molecule has 0 atom stereocenters. The van der Waals surface area contributed by atoms with Crippen LogP contribution in [0.1, 0.15) is 22.3 Å². The molecule has 0 aliphatic carbocycles. The quantitative estimate of drug-likeness (QED) is 0.624. The van der Waals surface area contributed by atoms with Crippen molar-refractivity contribution in [1.29, 1.82) is 5.26 Å². The van der Waals surface area contributed by atoms with Gasteiger partial charge in [0.15, 0.2) is 5.78 Å². The van der Waals surface area contributed by atoms with Crippen molar-refractivity contribution in [3.63, 3.8) is 0 Å². The molecule has 1 aromatic heterocycles. The molecule has 0 unspecified atom stereocenters. The average molecular weight is 190 g/mol. The molecule has 2 heterocycles. The van der Waals surface area contributed by atoms with Gasteiger partial charge in [0.1, 0.15) is 11.1 Å². The van der Waals surface area contributed by atoms with Crippen LogP contribution >= 0.6 is 11.8 Å². The number of carbonyl (C=O) groups is 1. The molecule has 0 saturated heterocycles. The second-order valence-corrected chi connectivity index (χ2v) is 3.79. The van der Waals surface area contributed by atoms with E-state index in [0.29, 0.717) is 17.5 Å². The minimum absolute atomic E-state index is 0.0957. The highest BCUT2D eigenvalue weighted by Gasteiger charge is 2.18. The number of nitriles is 1. The third-order valence-corrected chi connectivity index (χ3v) is 2.86. The van der Waals surface area contributed by atoms with Gasteiger partial charge < -0.3 is 0 Å². The number of carbonyl (C=O) groups excluding carboxylic acids is 1. The predicted molar refractivity (Wildman–Crippen MR) is 48.6 cm³/mol. The maximum atomic E-state index is 11.4. The molecule has 2 rings (SSSR count). The molecule has 64 valence electrons. The summed E-state index contributed by atoms with van der Waals surface area (Å²) in [4.78, 5) is 15.5. The Bertz CT molecular complexity index is 409. The monoisotopic (exact) mass is 190 g/mol. The second kappa shape index (κ2) is 3.19. The first kappa shape index (κ1) is 8.27. The molecule has 0 amide bonds. The topological polar surface area (TPSA) is 53.8 Å². The van der Waals surface area contributed by atoms with Gasteiger partial charge in [0.25, 0.3) is 0 Å². The van der Waals surface area contributed by atoms with Gasteiger partial charge in [-0.25, -0.2) is 4.98 Å². The van der Waals surface area contributed by atoms with Gasteiger partial charge >= 0.3 is 0 Å². The Morgan fingerprint density at radius 1 is 1.62 bits per heavy atom. The van der Waals surface area contributed by atoms with E-state index in [1.165, 1.54) is 6.20 Å². The van der Waals surface area contributed by atoms with Crippen molar-refractivity contribution in [2.45, 2.75) is 11.4 Å². The molecule has 0 radical (unpaired) electrons. The van der Waals surface area contributed by atoms with Crippen molar-refractivity contribution in [3.8, 4) is 6.07 Å². The van der Waals surface area contributed by atoms with Crippen LogP contribution < -0.4 is 0 Å². The molecule has 1 aromatic rings. The lowest BCUT2D eigenvalue weighted by atomic mass is 10.1. The van der Waals surface area contributed by atoms with Crippen LogP contribution in [0.15, 0.2) is 17.3 Å². The molecule has 1 aliphatic heterocycles. The number of hydrogen-bond acceptors (Lipinski definition) is 4. The van der Waals surface area contributed by atoms with Crippen LogP contribution in [0.3, 0.4) is 0 Å². The lowest BCUT2D eigenvalue weighted by molar-refractivity contribution is 0.0984. The fourth-order valence-electron chi connectivity index (χ4n) is 1.20. The predicted octanol–water partition coefficient (Wildman–Crippen LogP) is 1.63. The number of ketones is 1. The summed E-state index contributed by atoms with van der Waals surface area (Å²) in [5.41, 5.74) is 1.06. The zero-order chi connectivity index (χ0) is 9.26. The molecule has 4 heteroatoms. The summed E-state index contributed by atoms with van der Waals surface area (Å²) in [5, 5.41) is 9.38. The maximum absolute atomic E-state index is 11.4. The Hall–Kier alpha value is -1.34. The van der Waals surface area contributed by atoms with Gasteiger partial charge in [-0.05, 0) is 6.07 Å². The van der Waals surface area contributed by atoms with Crippen LogP contribution in [0.4, 0.5) is 0 Å². The zero-order valence-electron chi connectivity index (χ0n) is 6.78. The fourth-order valence-corrected chi connectivity index (χ4v) is 2.14. The molecule has 1 aliphatic rings. The first-order valence-corrected chi connectivity index (χ1v) is 4.86. The molecule has 0 fully saturated rings. The van der Waals surface area contributed by atoms with Gasteiger partial charge in [0.05, 0.1) is 11.1 Å². The standard InChI is InChI=1S/C9H6N2OS/c10-4-6-3-7-8(12)1-2-13-9(7)11-5-6/h3,5H,1-2H2. The van der Waals surface area contributed by atoms with Crippen molar-refractivity contribution in [2.75, 3.05) is 5.75 Å². The van der Waals surface area contributed by atoms with Crippen molar-refractivity contribution in [1.82, 2.24) is 4.98 Å². The highest BCUT2D eigenvalue weighted by molar-refractivity contribution is 7.99. The average Bonchev–Trinajstić information content (AvgIpc) is 2.18. The Morgan fingerprint density at radius 2 is 2.46 bits per heavy atom.